The van der Waals surface area contributed by atoms with Crippen molar-refractivity contribution < 1.29 is 17.9 Å². The summed E-state index contributed by atoms with van der Waals surface area (Å²) >= 11 is 10.8. The van der Waals surface area contributed by atoms with E-state index in [9.17, 15) is 13.2 Å². The minimum Gasteiger partial charge on any atom is -0.402 e. The third-order valence-electron chi connectivity index (χ3n) is 1.03. The molecule has 0 N–H and O–H groups in total. The van der Waals surface area contributed by atoms with Crippen LogP contribution < -0.4 is 4.74 Å². The topological polar surface area (TPSA) is 22.1 Å². The van der Waals surface area contributed by atoms with E-state index < -0.39 is 12.1 Å². The van der Waals surface area contributed by atoms with Gasteiger partial charge in [0, 0.05) is 6.20 Å². The molecular formula is C6H2Cl2F3NO. The van der Waals surface area contributed by atoms with Crippen molar-refractivity contribution in [2.75, 3.05) is 0 Å². The Bertz CT molecular complexity index is 315. The van der Waals surface area contributed by atoms with E-state index in [2.05, 4.69) is 9.72 Å². The van der Waals surface area contributed by atoms with Crippen molar-refractivity contribution in [3.05, 3.63) is 22.4 Å². The fourth-order valence-electron chi connectivity index (χ4n) is 0.597. The summed E-state index contributed by atoms with van der Waals surface area (Å²) in [6.07, 6.45) is -2.84. The number of nitrogens with zero attached hydrogens (tertiary/aromatic N) is 1. The van der Waals surface area contributed by atoms with Gasteiger partial charge in [-0.3, -0.25) is 4.98 Å². The van der Waals surface area contributed by atoms with Gasteiger partial charge >= 0.3 is 6.36 Å². The van der Waals surface area contributed by atoms with Crippen LogP contribution in [-0.2, 0) is 0 Å². The highest BCUT2D eigenvalue weighted by atomic mass is 35.5. The van der Waals surface area contributed by atoms with E-state index in [1.807, 2.05) is 0 Å². The molecule has 0 saturated heterocycles. The molecule has 0 aliphatic carbocycles. The Labute approximate surface area is 81.2 Å². The van der Waals surface area contributed by atoms with Crippen molar-refractivity contribution in [2.45, 2.75) is 6.36 Å². The van der Waals surface area contributed by atoms with Gasteiger partial charge in [-0.15, -0.1) is 13.2 Å². The molecule has 0 amide bonds. The van der Waals surface area contributed by atoms with Gasteiger partial charge in [0.05, 0.1) is 11.2 Å². The molecule has 0 aliphatic heterocycles. The molecule has 0 unspecified atom stereocenters. The number of pyridine rings is 1. The summed E-state index contributed by atoms with van der Waals surface area (Å²) < 4.78 is 38.6. The second-order valence-electron chi connectivity index (χ2n) is 1.98. The summed E-state index contributed by atoms with van der Waals surface area (Å²) in [7, 11) is 0. The lowest BCUT2D eigenvalue weighted by Gasteiger charge is -2.09. The Morgan fingerprint density at radius 1 is 1.23 bits per heavy atom. The highest BCUT2D eigenvalue weighted by Gasteiger charge is 2.32. The number of ether oxygens (including phenoxy) is 1. The SMILES string of the molecule is FC(F)(F)Oc1cncc(Cl)c1Cl. The molecule has 0 aromatic carbocycles. The summed E-state index contributed by atoms with van der Waals surface area (Å²) in [5.41, 5.74) is 0. The maximum Gasteiger partial charge on any atom is 0.573 e. The molecule has 7 heteroatoms. The van der Waals surface area contributed by atoms with Crippen molar-refractivity contribution in [3.63, 3.8) is 0 Å². The van der Waals surface area contributed by atoms with Crippen LogP contribution in [0.25, 0.3) is 0 Å². The van der Waals surface area contributed by atoms with Crippen molar-refractivity contribution in [2.24, 2.45) is 0 Å². The number of halogens is 5. The normalized spacial score (nSPS) is 11.5. The third-order valence-corrected chi connectivity index (χ3v) is 1.80. The Morgan fingerprint density at radius 3 is 2.38 bits per heavy atom. The Balaban J connectivity index is 2.96. The smallest absolute Gasteiger partial charge is 0.402 e. The first kappa shape index (κ1) is 10.4. The predicted molar refractivity (Wildman–Crippen MR) is 40.9 cm³/mol. The second kappa shape index (κ2) is 3.59. The van der Waals surface area contributed by atoms with E-state index in [1.165, 1.54) is 0 Å². The second-order valence-corrected chi connectivity index (χ2v) is 2.77. The lowest BCUT2D eigenvalue weighted by atomic mass is 10.4. The maximum atomic E-state index is 11.7. The molecule has 1 rings (SSSR count). The first-order chi connectivity index (χ1) is 5.90. The minimum atomic E-state index is -4.80. The minimum absolute atomic E-state index is 0.0941. The van der Waals surface area contributed by atoms with Crippen LogP contribution in [0.5, 0.6) is 5.75 Å². The molecule has 2 nitrogen and oxygen atoms in total. The Hall–Kier alpha value is -0.680. The van der Waals surface area contributed by atoms with Crippen molar-refractivity contribution in [1.29, 1.82) is 0 Å². The summed E-state index contributed by atoms with van der Waals surface area (Å²) in [6, 6.07) is 0. The van der Waals surface area contributed by atoms with Gasteiger partial charge in [-0.05, 0) is 0 Å². The number of hydrogen-bond acceptors (Lipinski definition) is 2. The van der Waals surface area contributed by atoms with Crippen LogP contribution in [0.4, 0.5) is 13.2 Å². The zero-order valence-electron chi connectivity index (χ0n) is 5.90. The van der Waals surface area contributed by atoms with E-state index in [0.29, 0.717) is 0 Å². The van der Waals surface area contributed by atoms with Gasteiger partial charge in [0.1, 0.15) is 5.02 Å². The summed E-state index contributed by atoms with van der Waals surface area (Å²) in [5, 5.41) is -0.405. The van der Waals surface area contributed by atoms with Gasteiger partial charge in [-0.25, -0.2) is 0 Å². The van der Waals surface area contributed by atoms with Gasteiger partial charge in [0.2, 0.25) is 0 Å². The van der Waals surface area contributed by atoms with Crippen LogP contribution >= 0.6 is 23.2 Å². The quantitative estimate of drug-likeness (QED) is 0.740. The molecule has 0 saturated carbocycles. The molecule has 1 aromatic heterocycles. The number of hydrogen-bond donors (Lipinski definition) is 0. The van der Waals surface area contributed by atoms with Gasteiger partial charge in [0.15, 0.2) is 5.75 Å². The highest BCUT2D eigenvalue weighted by Crippen LogP contribution is 2.33. The first-order valence-corrected chi connectivity index (χ1v) is 3.70. The number of alkyl halides is 3. The lowest BCUT2D eigenvalue weighted by molar-refractivity contribution is -0.274. The lowest BCUT2D eigenvalue weighted by Crippen LogP contribution is -2.17. The zero-order chi connectivity index (χ0) is 10.1. The summed E-state index contributed by atoms with van der Waals surface area (Å²) in [6.45, 7) is 0. The standard InChI is InChI=1S/C6H2Cl2F3NO/c7-3-1-12-2-4(5(3)8)13-6(9,10)11/h1-2H. The molecule has 0 radical (unpaired) electrons. The van der Waals surface area contributed by atoms with E-state index in [0.717, 1.165) is 12.4 Å². The summed E-state index contributed by atoms with van der Waals surface area (Å²) in [4.78, 5) is 3.39. The fraction of sp³-hybridized carbons (Fsp3) is 0.167. The molecule has 0 bridgehead atoms. The third kappa shape index (κ3) is 2.93. The van der Waals surface area contributed by atoms with Gasteiger partial charge in [-0.1, -0.05) is 23.2 Å². The summed E-state index contributed by atoms with van der Waals surface area (Å²) in [5.74, 6) is -0.610. The number of rotatable bonds is 1. The van der Waals surface area contributed by atoms with E-state index in [1.54, 1.807) is 0 Å². The monoisotopic (exact) mass is 231 g/mol. The van der Waals surface area contributed by atoms with E-state index in [4.69, 9.17) is 23.2 Å². The van der Waals surface area contributed by atoms with Gasteiger partial charge < -0.3 is 4.74 Å². The first-order valence-electron chi connectivity index (χ1n) is 2.95. The van der Waals surface area contributed by atoms with Crippen molar-refractivity contribution >= 4 is 23.2 Å². The molecule has 1 aromatic rings. The van der Waals surface area contributed by atoms with Crippen LogP contribution in [0, 0.1) is 0 Å². The molecule has 0 spiro atoms. The fourth-order valence-corrected chi connectivity index (χ4v) is 0.883. The average Bonchev–Trinajstić information content (AvgIpc) is 1.96. The van der Waals surface area contributed by atoms with Gasteiger partial charge in [-0.2, -0.15) is 0 Å². The van der Waals surface area contributed by atoms with Crippen LogP contribution in [0.15, 0.2) is 12.4 Å². The molecule has 72 valence electrons. The maximum absolute atomic E-state index is 11.7. The van der Waals surface area contributed by atoms with Crippen LogP contribution in [0.3, 0.4) is 0 Å². The molecule has 13 heavy (non-hydrogen) atoms. The van der Waals surface area contributed by atoms with Crippen molar-refractivity contribution in [3.8, 4) is 5.75 Å². The molecule has 0 fully saturated rings. The van der Waals surface area contributed by atoms with Crippen LogP contribution in [-0.4, -0.2) is 11.3 Å². The van der Waals surface area contributed by atoms with E-state index in [-0.39, 0.29) is 10.0 Å². The molecule has 0 aliphatic rings. The number of aromatic nitrogens is 1. The van der Waals surface area contributed by atoms with Crippen molar-refractivity contribution in [1.82, 2.24) is 4.98 Å². The molecule has 1 heterocycles. The molecule has 0 atom stereocenters. The van der Waals surface area contributed by atoms with Crippen LogP contribution in [0.2, 0.25) is 10.0 Å². The van der Waals surface area contributed by atoms with Crippen LogP contribution in [0.1, 0.15) is 0 Å². The van der Waals surface area contributed by atoms with Gasteiger partial charge in [0.25, 0.3) is 0 Å². The zero-order valence-corrected chi connectivity index (χ0v) is 7.41. The Kier molecular flexibility index (Phi) is 2.87. The molecular weight excluding hydrogens is 230 g/mol. The average molecular weight is 232 g/mol. The van der Waals surface area contributed by atoms with E-state index >= 15 is 0 Å². The highest BCUT2D eigenvalue weighted by molar-refractivity contribution is 6.42. The largest absolute Gasteiger partial charge is 0.573 e. The Morgan fingerprint density at radius 2 is 1.85 bits per heavy atom. The predicted octanol–water partition coefficient (Wildman–Crippen LogP) is 3.29.